The molecule has 0 aliphatic heterocycles. The maximum Gasteiger partial charge on any atom is 0.425 e. The first kappa shape index (κ1) is 8.82. The third-order valence-corrected chi connectivity index (χ3v) is 0. The second-order valence-corrected chi connectivity index (χ2v) is 0.612. The Hall–Kier alpha value is -0.420. The van der Waals surface area contributed by atoms with Crippen molar-refractivity contribution < 1.29 is 18.1 Å². The second-order valence-electron chi connectivity index (χ2n) is 0.204. The van der Waals surface area contributed by atoms with Crippen LogP contribution in [-0.2, 0) is 16.1 Å². The minimum absolute atomic E-state index is 0. The topological polar surface area (TPSA) is 79.7 Å². The number of rotatable bonds is 0. The van der Waals surface area contributed by atoms with E-state index in [1.54, 1.807) is 0 Å². The van der Waals surface area contributed by atoms with Crippen LogP contribution in [0.4, 0.5) is 0 Å². The van der Waals surface area contributed by atoms with E-state index in [0.717, 1.165) is 0 Å². The van der Waals surface area contributed by atoms with E-state index < -0.39 is 10.6 Å². The lowest BCUT2D eigenvalue weighted by molar-refractivity contribution is 0.559. The maximum absolute atomic E-state index is 8.44. The van der Waals surface area contributed by atoms with Crippen LogP contribution in [0, 0.1) is 0 Å². The first-order valence-electron chi connectivity index (χ1n) is 0.500. The zero-order valence-electron chi connectivity index (χ0n) is 2.04. The summed E-state index contributed by atoms with van der Waals surface area (Å²) in [5.74, 6) is 0. The highest BCUT2D eigenvalue weighted by Gasteiger charge is 1.40. The van der Waals surface area contributed by atoms with Gasteiger partial charge in [0.15, 0.2) is 0 Å². The van der Waals surface area contributed by atoms with E-state index in [4.69, 9.17) is 12.6 Å². The quantitative estimate of drug-likeness (QED) is 0.383. The molecule has 0 atom stereocenters. The largest absolute Gasteiger partial charge is 0.425 e. The number of hydrogen-bond donors (Lipinski definition) is 0. The van der Waals surface area contributed by atoms with Crippen molar-refractivity contribution in [3.63, 3.8) is 0 Å². The zero-order chi connectivity index (χ0) is 3.58. The van der Waals surface area contributed by atoms with Gasteiger partial charge in [0.05, 0.1) is 0 Å². The molecule has 0 N–H and O–H groups in total. The second kappa shape index (κ2) is 3.58. The van der Waals surface area contributed by atoms with Gasteiger partial charge in [-0.1, -0.05) is 0 Å². The van der Waals surface area contributed by atoms with Gasteiger partial charge >= 0.3 is 10.6 Å². The molecule has 0 saturated heterocycles. The maximum atomic E-state index is 8.44. The molecule has 30 valence electrons. The summed E-state index contributed by atoms with van der Waals surface area (Å²) in [5, 5.41) is 0. The molecule has 0 aromatic carbocycles. The molecule has 5 heavy (non-hydrogen) atoms. The van der Waals surface area contributed by atoms with E-state index >= 15 is 0 Å². The molecule has 0 aromatic rings. The lowest BCUT2D eigenvalue weighted by Crippen LogP contribution is -1.40. The van der Waals surface area contributed by atoms with Crippen molar-refractivity contribution in [3.8, 4) is 0 Å². The molecule has 0 rings (SSSR count). The van der Waals surface area contributed by atoms with Gasteiger partial charge in [0.25, 0.3) is 0 Å². The van der Waals surface area contributed by atoms with E-state index in [-0.39, 0.29) is 5.48 Å². The molecule has 0 spiro atoms. The number of hydrogen-bond acceptors (Lipinski definition) is 3. The summed E-state index contributed by atoms with van der Waals surface area (Å²) < 4.78 is 25.3. The van der Waals surface area contributed by atoms with Crippen LogP contribution in [0.1, 0.15) is 0 Å². The Bertz CT molecular complexity index is 73.0. The molecule has 5 heteroatoms. The van der Waals surface area contributed by atoms with Crippen LogP contribution in [0.3, 0.4) is 0 Å². The highest BCUT2D eigenvalue weighted by Crippen LogP contribution is 1.07. The third kappa shape index (κ3) is 50.7. The summed E-state index contributed by atoms with van der Waals surface area (Å²) in [6.07, 6.45) is 0. The van der Waals surface area contributed by atoms with Crippen molar-refractivity contribution in [1.29, 1.82) is 0 Å². The lowest BCUT2D eigenvalue weighted by Gasteiger charge is -1.11. The lowest BCUT2D eigenvalue weighted by atomic mass is 15.9. The van der Waals surface area contributed by atoms with E-state index in [1.165, 1.54) is 0 Å². The van der Waals surface area contributed by atoms with Crippen LogP contribution in [0.5, 0.6) is 0 Å². The van der Waals surface area contributed by atoms with Crippen molar-refractivity contribution >= 4 is 10.6 Å². The van der Waals surface area contributed by atoms with Gasteiger partial charge in [-0.2, -0.15) is 0 Å². The van der Waals surface area contributed by atoms with Gasteiger partial charge in [-0.25, -0.2) is 0 Å². The van der Waals surface area contributed by atoms with Gasteiger partial charge in [0.1, 0.15) is 0 Å². The Morgan fingerprint density at radius 2 is 1.00 bits per heavy atom. The average Bonchev–Trinajstić information content (AvgIpc) is 0.811. The Morgan fingerprint density at radius 3 is 1.00 bits per heavy atom. The molecule has 0 unspecified atom stereocenters. The molecule has 0 aromatic heterocycles. The fourth-order valence-corrected chi connectivity index (χ4v) is 0. The zero-order valence-corrected chi connectivity index (χ0v) is 2.86. The van der Waals surface area contributed by atoms with Crippen molar-refractivity contribution in [3.05, 3.63) is 0 Å². The highest BCUT2D eigenvalue weighted by atomic mass is 32.2. The molecule has 0 aliphatic carbocycles. The van der Waals surface area contributed by atoms with Crippen molar-refractivity contribution in [2.45, 2.75) is 0 Å². The fraction of sp³-hybridized carbons (Fsp3) is 0. The summed E-state index contributed by atoms with van der Waals surface area (Å²) in [7, 11) is -3.11. The third-order valence-electron chi connectivity index (χ3n) is 0. The Balaban J connectivity index is 0. The SMILES string of the molecule is O=S(=O)=O.[O]. The molecule has 0 amide bonds. The minimum Gasteiger partial charge on any atom is -0.142 e. The first-order chi connectivity index (χ1) is 1.73. The van der Waals surface area contributed by atoms with Crippen LogP contribution in [0.15, 0.2) is 0 Å². The van der Waals surface area contributed by atoms with Crippen LogP contribution in [-0.4, -0.2) is 12.6 Å². The van der Waals surface area contributed by atoms with E-state index in [9.17, 15) is 0 Å². The normalized spacial score (nSPS) is 4.80. The van der Waals surface area contributed by atoms with Crippen molar-refractivity contribution in [1.82, 2.24) is 0 Å². The van der Waals surface area contributed by atoms with E-state index in [0.29, 0.717) is 0 Å². The standard InChI is InChI=1S/O3S.O/c1-4(2)3;. The molecule has 0 fully saturated rings. The molecule has 0 aliphatic rings. The van der Waals surface area contributed by atoms with Crippen LogP contribution in [0.2, 0.25) is 0 Å². The van der Waals surface area contributed by atoms with Crippen molar-refractivity contribution in [2.75, 3.05) is 0 Å². The Labute approximate surface area is 29.8 Å². The van der Waals surface area contributed by atoms with Gasteiger partial charge in [0.2, 0.25) is 0 Å². The molecule has 0 bridgehead atoms. The first-order valence-corrected chi connectivity index (χ1v) is 1.50. The molecule has 4 nitrogen and oxygen atoms in total. The highest BCUT2D eigenvalue weighted by molar-refractivity contribution is 7.59. The van der Waals surface area contributed by atoms with Gasteiger partial charge < -0.3 is 0 Å². The summed E-state index contributed by atoms with van der Waals surface area (Å²) in [4.78, 5) is 0. The smallest absolute Gasteiger partial charge is 0.142 e. The Kier molecular flexibility index (Phi) is 6.31. The predicted octanol–water partition coefficient (Wildman–Crippen LogP) is -1.12. The summed E-state index contributed by atoms with van der Waals surface area (Å²) in [6, 6.07) is 0. The summed E-state index contributed by atoms with van der Waals surface area (Å²) >= 11 is 0. The van der Waals surface area contributed by atoms with Gasteiger partial charge in [-0.15, -0.1) is 12.6 Å². The predicted molar refractivity (Wildman–Crippen MR) is 10.4 cm³/mol. The molecular formula is O4S. The van der Waals surface area contributed by atoms with Crippen LogP contribution < -0.4 is 0 Å². The Morgan fingerprint density at radius 1 is 1.00 bits per heavy atom. The van der Waals surface area contributed by atoms with E-state index in [1.807, 2.05) is 0 Å². The van der Waals surface area contributed by atoms with Gasteiger partial charge in [-0.3, -0.25) is 0 Å². The monoisotopic (exact) mass is 96.0 g/mol. The molecule has 0 heterocycles. The minimum atomic E-state index is -3.11. The van der Waals surface area contributed by atoms with Gasteiger partial charge in [0, 0.05) is 5.48 Å². The van der Waals surface area contributed by atoms with Crippen LogP contribution in [0.25, 0.3) is 0 Å². The van der Waals surface area contributed by atoms with Crippen molar-refractivity contribution in [2.24, 2.45) is 0 Å². The summed E-state index contributed by atoms with van der Waals surface area (Å²) in [5.41, 5.74) is 0. The molecule has 2 radical (unpaired) electrons. The summed E-state index contributed by atoms with van der Waals surface area (Å²) in [6.45, 7) is 0. The van der Waals surface area contributed by atoms with Crippen LogP contribution >= 0.6 is 0 Å². The molecular weight excluding hydrogens is 96.1 g/mol. The van der Waals surface area contributed by atoms with E-state index in [2.05, 4.69) is 0 Å². The molecule has 0 saturated carbocycles. The average molecular weight is 96.1 g/mol. The fourth-order valence-electron chi connectivity index (χ4n) is 0. The van der Waals surface area contributed by atoms with Gasteiger partial charge in [-0.05, 0) is 0 Å².